The van der Waals surface area contributed by atoms with E-state index >= 15 is 0 Å². The summed E-state index contributed by atoms with van der Waals surface area (Å²) in [5.41, 5.74) is -0.294. The van der Waals surface area contributed by atoms with Gasteiger partial charge in [-0.1, -0.05) is 182 Å². The molecule has 0 unspecified atom stereocenters. The number of hydrogen-bond donors (Lipinski definition) is 4. The summed E-state index contributed by atoms with van der Waals surface area (Å²) in [6.45, 7) is 0. The van der Waals surface area contributed by atoms with Crippen molar-refractivity contribution in [2.75, 3.05) is 10.6 Å². The van der Waals surface area contributed by atoms with Gasteiger partial charge in [0.2, 0.25) is 0 Å². The molecular weight excluding hydrogens is 669 g/mol. The van der Waals surface area contributed by atoms with E-state index in [1.54, 1.807) is 97.1 Å². The lowest BCUT2D eigenvalue weighted by Crippen LogP contribution is -2.41. The van der Waals surface area contributed by atoms with Crippen LogP contribution in [-0.4, -0.2) is 22.0 Å². The van der Waals surface area contributed by atoms with Gasteiger partial charge in [-0.15, -0.1) is 0 Å². The van der Waals surface area contributed by atoms with Crippen LogP contribution in [0, 0.1) is 0 Å². The number of anilines is 2. The number of aliphatic hydroxyl groups is 2. The molecule has 262 valence electrons. The Labute approximate surface area is 313 Å². The summed E-state index contributed by atoms with van der Waals surface area (Å²) in [4.78, 5) is 29.3. The molecule has 8 aromatic carbocycles. The number of carbonyl (C=O) groups is 2. The fourth-order valence-corrected chi connectivity index (χ4v) is 7.29. The lowest BCUT2D eigenvalue weighted by Gasteiger charge is -2.30. The molecule has 0 aliphatic rings. The summed E-state index contributed by atoms with van der Waals surface area (Å²) >= 11 is 0. The third-order valence-electron chi connectivity index (χ3n) is 10.0. The van der Waals surface area contributed by atoms with Crippen molar-refractivity contribution in [3.8, 4) is 11.1 Å². The highest BCUT2D eigenvalue weighted by molar-refractivity contribution is 6.18. The van der Waals surface area contributed by atoms with Crippen molar-refractivity contribution in [1.82, 2.24) is 0 Å². The highest BCUT2D eigenvalue weighted by Crippen LogP contribution is 2.45. The van der Waals surface area contributed by atoms with Gasteiger partial charge in [0.05, 0.1) is 0 Å². The Morgan fingerprint density at radius 2 is 0.630 bits per heavy atom. The maximum atomic E-state index is 14.7. The van der Waals surface area contributed by atoms with Crippen LogP contribution in [0.3, 0.4) is 0 Å². The third-order valence-corrected chi connectivity index (χ3v) is 10.0. The fraction of sp³-hybridized carbons (Fsp3) is 0.0417. The molecule has 8 aromatic rings. The third kappa shape index (κ3) is 5.99. The van der Waals surface area contributed by atoms with Crippen molar-refractivity contribution in [3.05, 3.63) is 216 Å². The maximum Gasteiger partial charge on any atom is 0.265 e. The number of hydrogen-bond acceptors (Lipinski definition) is 4. The average Bonchev–Trinajstić information content (AvgIpc) is 3.24. The average molecular weight is 705 g/mol. The Morgan fingerprint density at radius 3 is 0.944 bits per heavy atom. The summed E-state index contributed by atoms with van der Waals surface area (Å²) in [6.07, 6.45) is 0. The smallest absolute Gasteiger partial charge is 0.265 e. The second-order valence-electron chi connectivity index (χ2n) is 13.2. The molecule has 0 saturated carbocycles. The minimum absolute atomic E-state index is 0.412. The van der Waals surface area contributed by atoms with Crippen LogP contribution in [0.4, 0.5) is 11.4 Å². The van der Waals surface area contributed by atoms with Crippen molar-refractivity contribution < 1.29 is 19.8 Å². The normalized spacial score (nSPS) is 11.7. The van der Waals surface area contributed by atoms with E-state index in [1.165, 1.54) is 0 Å². The van der Waals surface area contributed by atoms with Gasteiger partial charge in [0.25, 0.3) is 11.8 Å². The number of rotatable bonds is 9. The number of benzene rings is 8. The molecule has 2 amide bonds. The molecule has 54 heavy (non-hydrogen) atoms. The first-order valence-electron chi connectivity index (χ1n) is 17.7. The van der Waals surface area contributed by atoms with Gasteiger partial charge in [-0.3, -0.25) is 9.59 Å². The lowest BCUT2D eigenvalue weighted by molar-refractivity contribution is -0.131. The molecule has 0 spiro atoms. The summed E-state index contributed by atoms with van der Waals surface area (Å²) in [6, 6.07) is 58.6. The number of amides is 2. The molecule has 4 N–H and O–H groups in total. The van der Waals surface area contributed by atoms with E-state index in [9.17, 15) is 19.8 Å². The number of carbonyl (C=O) groups excluding carboxylic acids is 2. The van der Waals surface area contributed by atoms with E-state index in [1.807, 2.05) is 97.1 Å². The van der Waals surface area contributed by atoms with E-state index in [0.29, 0.717) is 44.8 Å². The van der Waals surface area contributed by atoms with Crippen LogP contribution in [0.2, 0.25) is 0 Å². The summed E-state index contributed by atoms with van der Waals surface area (Å²) in [5.74, 6) is -1.30. The predicted molar refractivity (Wildman–Crippen MR) is 216 cm³/mol. The van der Waals surface area contributed by atoms with Crippen LogP contribution >= 0.6 is 0 Å². The molecule has 6 heteroatoms. The Balaban J connectivity index is 1.33. The number of nitrogens with one attached hydrogen (secondary N) is 2. The second kappa shape index (κ2) is 14.3. The van der Waals surface area contributed by atoms with Crippen LogP contribution in [0.1, 0.15) is 22.3 Å². The van der Waals surface area contributed by atoms with Gasteiger partial charge in [-0.2, -0.15) is 0 Å². The molecule has 0 heterocycles. The van der Waals surface area contributed by atoms with Crippen LogP contribution in [0.15, 0.2) is 194 Å². The zero-order valence-electron chi connectivity index (χ0n) is 29.2. The molecule has 0 aliphatic carbocycles. The van der Waals surface area contributed by atoms with Gasteiger partial charge >= 0.3 is 0 Å². The van der Waals surface area contributed by atoms with Gasteiger partial charge < -0.3 is 20.8 Å². The minimum atomic E-state index is -2.04. The van der Waals surface area contributed by atoms with Crippen molar-refractivity contribution >= 4 is 44.7 Å². The van der Waals surface area contributed by atoms with Crippen molar-refractivity contribution in [3.63, 3.8) is 0 Å². The quantitative estimate of drug-likeness (QED) is 0.120. The Hall–Kier alpha value is -6.86. The molecule has 0 atom stereocenters. The fourth-order valence-electron chi connectivity index (χ4n) is 7.29. The van der Waals surface area contributed by atoms with Gasteiger partial charge in [-0.25, -0.2) is 0 Å². The first-order valence-corrected chi connectivity index (χ1v) is 17.7. The van der Waals surface area contributed by atoms with Crippen molar-refractivity contribution in [2.24, 2.45) is 0 Å². The first kappa shape index (κ1) is 34.2. The largest absolute Gasteiger partial charge is 0.372 e. The van der Waals surface area contributed by atoms with Crippen LogP contribution in [-0.2, 0) is 20.8 Å². The van der Waals surface area contributed by atoms with Crippen LogP contribution in [0.25, 0.3) is 32.7 Å². The van der Waals surface area contributed by atoms with Crippen LogP contribution < -0.4 is 10.6 Å². The standard InChI is InChI=1S/C48H36N2O4/c51-45(47(53,35-19-5-1-6-20-35)36-21-7-2-8-22-36)49-41-31-29-33-17-13-15-27-39(33)43(41)44-40-28-16-14-18-34(40)30-32-42(44)50-46(52)48(54,37-23-9-3-10-24-37)38-25-11-4-12-26-38/h1-32,53-54H,(H,49,51)(H,50,52). The van der Waals surface area contributed by atoms with Crippen LogP contribution in [0.5, 0.6) is 0 Å². The van der Waals surface area contributed by atoms with E-state index in [4.69, 9.17) is 0 Å². The Bertz CT molecular complexity index is 2350. The minimum Gasteiger partial charge on any atom is -0.372 e. The van der Waals surface area contributed by atoms with E-state index in [2.05, 4.69) is 10.6 Å². The summed E-state index contributed by atoms with van der Waals surface area (Å²) in [7, 11) is 0. The molecule has 8 rings (SSSR count). The second-order valence-corrected chi connectivity index (χ2v) is 13.2. The van der Waals surface area contributed by atoms with Gasteiger partial charge in [0.1, 0.15) is 0 Å². The first-order chi connectivity index (χ1) is 26.4. The van der Waals surface area contributed by atoms with E-state index in [-0.39, 0.29) is 0 Å². The monoisotopic (exact) mass is 704 g/mol. The number of fused-ring (bicyclic) bond motifs is 2. The highest BCUT2D eigenvalue weighted by Gasteiger charge is 2.42. The summed E-state index contributed by atoms with van der Waals surface area (Å²) in [5, 5.41) is 34.5. The Morgan fingerprint density at radius 1 is 0.352 bits per heavy atom. The predicted octanol–water partition coefficient (Wildman–Crippen LogP) is 9.41. The molecule has 0 saturated heterocycles. The van der Waals surface area contributed by atoms with E-state index < -0.39 is 23.0 Å². The molecule has 0 aromatic heterocycles. The Kier molecular flexibility index (Phi) is 9.05. The van der Waals surface area contributed by atoms with Gasteiger partial charge in [0, 0.05) is 22.5 Å². The van der Waals surface area contributed by atoms with Gasteiger partial charge in [-0.05, 0) is 55.9 Å². The molecule has 0 bridgehead atoms. The summed E-state index contributed by atoms with van der Waals surface area (Å²) < 4.78 is 0. The zero-order chi connectivity index (χ0) is 37.1. The molecule has 6 nitrogen and oxygen atoms in total. The van der Waals surface area contributed by atoms with Gasteiger partial charge in [0.15, 0.2) is 11.2 Å². The lowest BCUT2D eigenvalue weighted by atomic mass is 9.84. The SMILES string of the molecule is O=C(Nc1ccc2ccccc2c1-c1c(NC(=O)C(O)(c2ccccc2)c2ccccc2)ccc2ccccc12)C(O)(c1ccccc1)c1ccccc1. The molecule has 0 radical (unpaired) electrons. The molecule has 0 aliphatic heterocycles. The van der Waals surface area contributed by atoms with Crippen molar-refractivity contribution in [2.45, 2.75) is 11.2 Å². The molecular formula is C48H36N2O4. The molecule has 0 fully saturated rings. The van der Waals surface area contributed by atoms with E-state index in [0.717, 1.165) is 21.5 Å². The zero-order valence-corrected chi connectivity index (χ0v) is 29.2. The maximum absolute atomic E-state index is 14.7. The highest BCUT2D eigenvalue weighted by atomic mass is 16.3. The van der Waals surface area contributed by atoms with Crippen molar-refractivity contribution in [1.29, 1.82) is 0 Å². The topological polar surface area (TPSA) is 98.7 Å².